The van der Waals surface area contributed by atoms with E-state index in [0.29, 0.717) is 37.4 Å². The highest BCUT2D eigenvalue weighted by Crippen LogP contribution is 2.38. The van der Waals surface area contributed by atoms with E-state index in [9.17, 15) is 13.2 Å². The molecule has 3 rings (SSSR count). The van der Waals surface area contributed by atoms with Crippen molar-refractivity contribution in [3.8, 4) is 0 Å². The predicted octanol–water partition coefficient (Wildman–Crippen LogP) is 2.21. The Morgan fingerprint density at radius 3 is 2.52 bits per heavy atom. The number of sulfone groups is 1. The fraction of sp³-hybridized carbons (Fsp3) is 0.588. The first-order valence-electron chi connectivity index (χ1n) is 8.84. The third-order valence-electron chi connectivity index (χ3n) is 5.39. The normalized spacial score (nSPS) is 16.5. The van der Waals surface area contributed by atoms with Gasteiger partial charge in [0.1, 0.15) is 11.2 Å². The zero-order chi connectivity index (χ0) is 19.8. The summed E-state index contributed by atoms with van der Waals surface area (Å²) < 4.78 is 31.8. The Bertz CT molecular complexity index is 909. The number of nitrogens with one attached hydrogen (secondary N) is 1. The minimum atomic E-state index is -3.55. The van der Waals surface area contributed by atoms with E-state index < -0.39 is 14.6 Å². The zero-order valence-corrected chi connectivity index (χ0v) is 16.8. The highest BCUT2D eigenvalue weighted by Gasteiger charge is 2.45. The van der Waals surface area contributed by atoms with Crippen LogP contribution in [-0.2, 0) is 16.9 Å². The third kappa shape index (κ3) is 3.58. The van der Waals surface area contributed by atoms with E-state index in [1.165, 1.54) is 10.9 Å². The van der Waals surface area contributed by atoms with Crippen molar-refractivity contribution in [1.82, 2.24) is 19.8 Å². The maximum atomic E-state index is 13.2. The fourth-order valence-corrected chi connectivity index (χ4v) is 5.55. The van der Waals surface area contributed by atoms with E-state index in [1.807, 2.05) is 0 Å². The van der Waals surface area contributed by atoms with Crippen LogP contribution in [0.1, 0.15) is 32.4 Å². The van der Waals surface area contributed by atoms with Gasteiger partial charge in [0.25, 0.3) is 0 Å². The summed E-state index contributed by atoms with van der Waals surface area (Å²) in [5.41, 5.74) is 0.509. The van der Waals surface area contributed by atoms with Crippen molar-refractivity contribution in [3.63, 3.8) is 0 Å². The van der Waals surface area contributed by atoms with Crippen LogP contribution in [0.4, 0.5) is 10.6 Å². The average molecular weight is 395 g/mol. The molecule has 1 aliphatic heterocycles. The lowest BCUT2D eigenvalue weighted by molar-refractivity contribution is 0.171. The van der Waals surface area contributed by atoms with Crippen molar-refractivity contribution in [2.75, 3.05) is 18.4 Å². The van der Waals surface area contributed by atoms with Gasteiger partial charge in [0.05, 0.1) is 10.4 Å². The van der Waals surface area contributed by atoms with Crippen LogP contribution in [0.15, 0.2) is 27.9 Å². The van der Waals surface area contributed by atoms with Gasteiger partial charge in [0.2, 0.25) is 0 Å². The molecule has 0 atom stereocenters. The molecule has 0 bridgehead atoms. The zero-order valence-electron chi connectivity index (χ0n) is 16.0. The molecule has 2 aromatic rings. The number of anilines is 1. The van der Waals surface area contributed by atoms with E-state index in [-0.39, 0.29) is 16.8 Å². The van der Waals surface area contributed by atoms with Gasteiger partial charge in [0.15, 0.2) is 15.7 Å². The number of aryl methyl sites for hydroxylation is 2. The van der Waals surface area contributed by atoms with Gasteiger partial charge in [-0.2, -0.15) is 5.10 Å². The molecule has 2 amide bonds. The Morgan fingerprint density at radius 1 is 1.33 bits per heavy atom. The molecule has 10 heteroatoms. The van der Waals surface area contributed by atoms with Crippen molar-refractivity contribution >= 4 is 21.7 Å². The summed E-state index contributed by atoms with van der Waals surface area (Å²) in [6.45, 7) is 6.22. The molecule has 27 heavy (non-hydrogen) atoms. The monoisotopic (exact) mass is 395 g/mol. The first-order chi connectivity index (χ1) is 12.6. The molecule has 1 aliphatic rings. The van der Waals surface area contributed by atoms with Crippen molar-refractivity contribution in [2.45, 2.75) is 43.3 Å². The molecule has 3 heterocycles. The van der Waals surface area contributed by atoms with Gasteiger partial charge in [-0.15, -0.1) is 0 Å². The number of amides is 2. The quantitative estimate of drug-likeness (QED) is 0.850. The highest BCUT2D eigenvalue weighted by atomic mass is 32.2. The molecule has 1 N–H and O–H groups in total. The number of carbonyl (C=O) groups is 1. The number of hydrogen-bond donors (Lipinski definition) is 1. The molecule has 9 nitrogen and oxygen atoms in total. The number of likely N-dealkylation sites (tertiary alicyclic amines) is 1. The Hall–Kier alpha value is -2.36. The van der Waals surface area contributed by atoms with Crippen molar-refractivity contribution in [3.05, 3.63) is 24.2 Å². The van der Waals surface area contributed by atoms with Gasteiger partial charge >= 0.3 is 6.03 Å². The summed E-state index contributed by atoms with van der Waals surface area (Å²) in [7, 11) is -1.84. The second kappa shape index (κ2) is 6.99. The maximum Gasteiger partial charge on any atom is 0.323 e. The molecule has 0 saturated carbocycles. The van der Waals surface area contributed by atoms with Crippen LogP contribution < -0.4 is 5.32 Å². The Kier molecular flexibility index (Phi) is 5.02. The fourth-order valence-electron chi connectivity index (χ4n) is 3.59. The van der Waals surface area contributed by atoms with Crippen LogP contribution in [0.5, 0.6) is 0 Å². The second-order valence-corrected chi connectivity index (χ2v) is 9.93. The van der Waals surface area contributed by atoms with Crippen LogP contribution >= 0.6 is 0 Å². The number of hydrogen-bond acceptors (Lipinski definition) is 6. The summed E-state index contributed by atoms with van der Waals surface area (Å²) in [6, 6.07) is 1.31. The number of rotatable bonds is 4. The van der Waals surface area contributed by atoms with E-state index >= 15 is 0 Å². The first-order valence-corrected chi connectivity index (χ1v) is 10.3. The van der Waals surface area contributed by atoms with Gasteiger partial charge in [-0.1, -0.05) is 5.16 Å². The van der Waals surface area contributed by atoms with Crippen molar-refractivity contribution in [2.24, 2.45) is 13.0 Å². The maximum absolute atomic E-state index is 13.2. The van der Waals surface area contributed by atoms with Crippen LogP contribution in [0.3, 0.4) is 0 Å². The number of aromatic nitrogens is 3. The number of nitrogens with zero attached hydrogens (tertiary/aromatic N) is 4. The third-order valence-corrected chi connectivity index (χ3v) is 8.09. The molecule has 1 saturated heterocycles. The first kappa shape index (κ1) is 19.4. The Labute approximate surface area is 158 Å². The van der Waals surface area contributed by atoms with Gasteiger partial charge in [-0.05, 0) is 39.5 Å². The number of urea groups is 1. The second-order valence-electron chi connectivity index (χ2n) is 7.44. The molecule has 148 valence electrons. The van der Waals surface area contributed by atoms with E-state index in [0.717, 1.165) is 0 Å². The van der Waals surface area contributed by atoms with E-state index in [4.69, 9.17) is 4.52 Å². The minimum Gasteiger partial charge on any atom is -0.363 e. The molecule has 1 fully saturated rings. The summed E-state index contributed by atoms with van der Waals surface area (Å²) in [5, 5.41) is 10.5. The summed E-state index contributed by atoms with van der Waals surface area (Å²) >= 11 is 0. The lowest BCUT2D eigenvalue weighted by atomic mass is 9.86. The van der Waals surface area contributed by atoms with Gasteiger partial charge < -0.3 is 9.42 Å². The largest absolute Gasteiger partial charge is 0.363 e. The van der Waals surface area contributed by atoms with Crippen LogP contribution in [0, 0.1) is 12.8 Å². The molecule has 0 aromatic carbocycles. The topological polar surface area (TPSA) is 110 Å². The lowest BCUT2D eigenvalue weighted by Crippen LogP contribution is -2.48. The van der Waals surface area contributed by atoms with E-state index in [2.05, 4.69) is 15.6 Å². The van der Waals surface area contributed by atoms with Crippen LogP contribution in [0.25, 0.3) is 0 Å². The molecule has 0 radical (unpaired) electrons. The molecular weight excluding hydrogens is 370 g/mol. The highest BCUT2D eigenvalue weighted by molar-refractivity contribution is 7.92. The molecular formula is C17H25N5O4S. The molecule has 0 spiro atoms. The predicted molar refractivity (Wildman–Crippen MR) is 99.0 cm³/mol. The SMILES string of the molecule is Cc1nn(C)cc1S(=O)(=O)C(C)(C)C1CCN(C(=O)Nc2ccon2)CC1. The lowest BCUT2D eigenvalue weighted by Gasteiger charge is -2.39. The van der Waals surface area contributed by atoms with Gasteiger partial charge in [0, 0.05) is 32.4 Å². The van der Waals surface area contributed by atoms with E-state index in [1.54, 1.807) is 45.0 Å². The number of piperidine rings is 1. The van der Waals surface area contributed by atoms with Crippen molar-refractivity contribution < 1.29 is 17.7 Å². The van der Waals surface area contributed by atoms with Gasteiger partial charge in [-0.25, -0.2) is 13.2 Å². The summed E-state index contributed by atoms with van der Waals surface area (Å²) in [6.07, 6.45) is 4.16. The smallest absolute Gasteiger partial charge is 0.323 e. The standard InChI is InChI=1S/C17H25N5O4S/c1-12-14(11-21(4)19-12)27(24,25)17(2,3)13-5-8-22(9-6-13)16(23)18-15-7-10-26-20-15/h7,10-11,13H,5-6,8-9H2,1-4H3,(H,18,20,23). The van der Waals surface area contributed by atoms with Gasteiger partial charge in [-0.3, -0.25) is 10.00 Å². The summed E-state index contributed by atoms with van der Waals surface area (Å²) in [5.74, 6) is 0.301. The minimum absolute atomic E-state index is 0.0572. The summed E-state index contributed by atoms with van der Waals surface area (Å²) in [4.78, 5) is 14.2. The Morgan fingerprint density at radius 2 is 2.00 bits per heavy atom. The average Bonchev–Trinajstić information content (AvgIpc) is 3.24. The molecule has 0 unspecified atom stereocenters. The Balaban J connectivity index is 1.69. The number of carbonyl (C=O) groups excluding carboxylic acids is 1. The van der Waals surface area contributed by atoms with Crippen LogP contribution in [-0.4, -0.2) is 52.1 Å². The van der Waals surface area contributed by atoms with Crippen LogP contribution in [0.2, 0.25) is 0 Å². The van der Waals surface area contributed by atoms with Crippen molar-refractivity contribution in [1.29, 1.82) is 0 Å². The molecule has 0 aliphatic carbocycles. The molecule has 2 aromatic heterocycles.